The molecule has 0 bridgehead atoms. The van der Waals surface area contributed by atoms with Crippen LogP contribution in [-0.4, -0.2) is 44.1 Å². The van der Waals surface area contributed by atoms with Crippen molar-refractivity contribution in [2.75, 3.05) is 27.2 Å². The molecule has 20 heavy (non-hydrogen) atoms. The molecule has 1 rings (SSSR count). The van der Waals surface area contributed by atoms with Crippen LogP contribution in [0.5, 0.6) is 5.75 Å². The molecule has 0 aliphatic carbocycles. The summed E-state index contributed by atoms with van der Waals surface area (Å²) in [4.78, 5) is 14.1. The minimum absolute atomic E-state index is 0.206. The number of rotatable bonds is 8. The Balaban J connectivity index is 2.61. The highest BCUT2D eigenvalue weighted by Gasteiger charge is 2.18. The van der Waals surface area contributed by atoms with Crippen molar-refractivity contribution in [3.05, 3.63) is 29.8 Å². The normalized spacial score (nSPS) is 12.0. The molecule has 4 nitrogen and oxygen atoms in total. The monoisotopic (exact) mass is 278 g/mol. The van der Waals surface area contributed by atoms with Gasteiger partial charge in [0.25, 0.3) is 0 Å². The highest BCUT2D eigenvalue weighted by molar-refractivity contribution is 5.76. The molecule has 112 valence electrons. The van der Waals surface area contributed by atoms with Gasteiger partial charge in [-0.2, -0.15) is 0 Å². The molecule has 0 spiro atoms. The Morgan fingerprint density at radius 1 is 1.35 bits per heavy atom. The number of nitrogens with one attached hydrogen (secondary N) is 1. The fourth-order valence-electron chi connectivity index (χ4n) is 2.32. The van der Waals surface area contributed by atoms with Gasteiger partial charge in [0.2, 0.25) is 5.91 Å². The zero-order chi connectivity index (χ0) is 15.0. The summed E-state index contributed by atoms with van der Waals surface area (Å²) < 4.78 is 5.15. The number of methoxy groups -OCH3 is 1. The van der Waals surface area contributed by atoms with E-state index in [0.717, 1.165) is 25.3 Å². The zero-order valence-corrected chi connectivity index (χ0v) is 13.0. The lowest BCUT2D eigenvalue weighted by Crippen LogP contribution is -2.40. The number of carbonyl (C=O) groups excluding carboxylic acids is 1. The Kier molecular flexibility index (Phi) is 7.09. The molecule has 0 saturated carbocycles. The predicted molar refractivity (Wildman–Crippen MR) is 82.1 cm³/mol. The third kappa shape index (κ3) is 4.85. The molecule has 0 aliphatic rings. The molecule has 0 aliphatic heterocycles. The first kappa shape index (κ1) is 16.5. The third-order valence-electron chi connectivity index (χ3n) is 3.47. The van der Waals surface area contributed by atoms with Crippen molar-refractivity contribution in [3.63, 3.8) is 0 Å². The van der Waals surface area contributed by atoms with Crippen molar-refractivity contribution in [1.29, 1.82) is 0 Å². The van der Waals surface area contributed by atoms with E-state index >= 15 is 0 Å². The molecule has 0 heterocycles. The zero-order valence-electron chi connectivity index (χ0n) is 13.0. The van der Waals surface area contributed by atoms with Crippen LogP contribution in [0.3, 0.4) is 0 Å². The van der Waals surface area contributed by atoms with Crippen molar-refractivity contribution in [1.82, 2.24) is 10.2 Å². The van der Waals surface area contributed by atoms with Crippen molar-refractivity contribution in [3.8, 4) is 5.75 Å². The van der Waals surface area contributed by atoms with E-state index in [0.29, 0.717) is 6.42 Å². The van der Waals surface area contributed by atoms with Crippen molar-refractivity contribution < 1.29 is 9.53 Å². The van der Waals surface area contributed by atoms with Gasteiger partial charge in [-0.3, -0.25) is 4.79 Å². The summed E-state index contributed by atoms with van der Waals surface area (Å²) in [6.07, 6.45) is 1.42. The number of amides is 1. The van der Waals surface area contributed by atoms with Crippen LogP contribution < -0.4 is 10.1 Å². The molecule has 1 atom stereocenters. The van der Waals surface area contributed by atoms with Gasteiger partial charge in [-0.1, -0.05) is 12.1 Å². The lowest BCUT2D eigenvalue weighted by molar-refractivity contribution is -0.132. The summed E-state index contributed by atoms with van der Waals surface area (Å²) in [5.41, 5.74) is 1.22. The van der Waals surface area contributed by atoms with E-state index in [1.54, 1.807) is 7.11 Å². The van der Waals surface area contributed by atoms with Crippen LogP contribution in [-0.2, 0) is 11.2 Å². The smallest absolute Gasteiger partial charge is 0.224 e. The summed E-state index contributed by atoms with van der Waals surface area (Å²) in [7, 11) is 3.53. The number of benzene rings is 1. The Morgan fingerprint density at radius 3 is 2.50 bits per heavy atom. The van der Waals surface area contributed by atoms with E-state index in [-0.39, 0.29) is 11.9 Å². The molecule has 4 heteroatoms. The Morgan fingerprint density at radius 2 is 2.00 bits per heavy atom. The molecule has 0 radical (unpaired) electrons. The van der Waals surface area contributed by atoms with Crippen molar-refractivity contribution in [2.45, 2.75) is 32.7 Å². The number of ether oxygens (including phenoxy) is 1. The fourth-order valence-corrected chi connectivity index (χ4v) is 2.32. The van der Waals surface area contributed by atoms with Gasteiger partial charge >= 0.3 is 0 Å². The minimum atomic E-state index is 0.206. The average molecular weight is 278 g/mol. The van der Waals surface area contributed by atoms with Gasteiger partial charge in [-0.25, -0.2) is 0 Å². The quantitative estimate of drug-likeness (QED) is 0.791. The van der Waals surface area contributed by atoms with E-state index in [4.69, 9.17) is 4.74 Å². The van der Waals surface area contributed by atoms with Crippen LogP contribution in [0.2, 0.25) is 0 Å². The Labute approximate surface area is 122 Å². The predicted octanol–water partition coefficient (Wildman–Crippen LogP) is 2.08. The van der Waals surface area contributed by atoms with E-state index in [1.807, 2.05) is 31.0 Å². The van der Waals surface area contributed by atoms with Crippen LogP contribution in [0.15, 0.2) is 24.3 Å². The van der Waals surface area contributed by atoms with Gasteiger partial charge in [0.15, 0.2) is 0 Å². The van der Waals surface area contributed by atoms with E-state index in [1.165, 1.54) is 5.56 Å². The Bertz CT molecular complexity index is 403. The molecule has 1 amide bonds. The second-order valence-electron chi connectivity index (χ2n) is 4.93. The van der Waals surface area contributed by atoms with Gasteiger partial charge in [0, 0.05) is 25.6 Å². The summed E-state index contributed by atoms with van der Waals surface area (Å²) in [6.45, 7) is 5.61. The SMILES string of the molecule is CCN(C(=O)CCNC)C(C)Cc1ccc(OC)cc1. The topological polar surface area (TPSA) is 41.6 Å². The largest absolute Gasteiger partial charge is 0.497 e. The molecule has 1 aromatic carbocycles. The number of carbonyl (C=O) groups is 1. The number of likely N-dealkylation sites (N-methyl/N-ethyl adjacent to an activating group) is 1. The van der Waals surface area contributed by atoms with Crippen molar-refractivity contribution in [2.24, 2.45) is 0 Å². The van der Waals surface area contributed by atoms with Crippen LogP contribution in [0.25, 0.3) is 0 Å². The molecule has 1 aromatic rings. The van der Waals surface area contributed by atoms with Crippen LogP contribution >= 0.6 is 0 Å². The van der Waals surface area contributed by atoms with Gasteiger partial charge in [0.05, 0.1) is 7.11 Å². The molecular formula is C16H26N2O2. The maximum absolute atomic E-state index is 12.1. The maximum atomic E-state index is 12.1. The lowest BCUT2D eigenvalue weighted by atomic mass is 10.1. The first-order valence-electron chi connectivity index (χ1n) is 7.19. The number of hydrogen-bond acceptors (Lipinski definition) is 3. The maximum Gasteiger partial charge on any atom is 0.224 e. The summed E-state index contributed by atoms with van der Waals surface area (Å²) in [6, 6.07) is 8.24. The average Bonchev–Trinajstić information content (AvgIpc) is 2.46. The summed E-state index contributed by atoms with van der Waals surface area (Å²) in [5.74, 6) is 1.07. The first-order chi connectivity index (χ1) is 9.62. The summed E-state index contributed by atoms with van der Waals surface area (Å²) >= 11 is 0. The van der Waals surface area contributed by atoms with E-state index in [9.17, 15) is 4.79 Å². The molecular weight excluding hydrogens is 252 g/mol. The molecule has 1 unspecified atom stereocenters. The van der Waals surface area contributed by atoms with Gasteiger partial charge < -0.3 is 15.0 Å². The second-order valence-corrected chi connectivity index (χ2v) is 4.93. The first-order valence-corrected chi connectivity index (χ1v) is 7.19. The molecule has 0 saturated heterocycles. The van der Waals surface area contributed by atoms with E-state index < -0.39 is 0 Å². The van der Waals surface area contributed by atoms with Crippen LogP contribution in [0.1, 0.15) is 25.8 Å². The van der Waals surface area contributed by atoms with Gasteiger partial charge in [-0.15, -0.1) is 0 Å². The van der Waals surface area contributed by atoms with Gasteiger partial charge in [0.1, 0.15) is 5.75 Å². The van der Waals surface area contributed by atoms with Crippen LogP contribution in [0.4, 0.5) is 0 Å². The van der Waals surface area contributed by atoms with Gasteiger partial charge in [-0.05, 0) is 45.0 Å². The molecule has 0 aromatic heterocycles. The fraction of sp³-hybridized carbons (Fsp3) is 0.562. The van der Waals surface area contributed by atoms with Crippen molar-refractivity contribution >= 4 is 5.91 Å². The van der Waals surface area contributed by atoms with E-state index in [2.05, 4.69) is 24.4 Å². The highest BCUT2D eigenvalue weighted by atomic mass is 16.5. The highest BCUT2D eigenvalue weighted by Crippen LogP contribution is 2.15. The second kappa shape index (κ2) is 8.59. The standard InChI is InChI=1S/C16H26N2O2/c1-5-18(16(19)10-11-17-3)13(2)12-14-6-8-15(20-4)9-7-14/h6-9,13,17H,5,10-12H2,1-4H3. The minimum Gasteiger partial charge on any atom is -0.497 e. The Hall–Kier alpha value is -1.55. The third-order valence-corrected chi connectivity index (χ3v) is 3.47. The molecule has 1 N–H and O–H groups in total. The lowest BCUT2D eigenvalue weighted by Gasteiger charge is -2.28. The number of nitrogens with zero attached hydrogens (tertiary/aromatic N) is 1. The van der Waals surface area contributed by atoms with Crippen LogP contribution in [0, 0.1) is 0 Å². The number of hydrogen-bond donors (Lipinski definition) is 1. The molecule has 0 fully saturated rings. The summed E-state index contributed by atoms with van der Waals surface area (Å²) in [5, 5.41) is 3.02.